The second-order valence-corrected chi connectivity index (χ2v) is 5.84. The van der Waals surface area contributed by atoms with E-state index in [1.807, 2.05) is 57.3 Å². The van der Waals surface area contributed by atoms with Crippen LogP contribution in [0.1, 0.15) is 40.3 Å². The highest BCUT2D eigenvalue weighted by Crippen LogP contribution is 2.21. The summed E-state index contributed by atoms with van der Waals surface area (Å²) in [7, 11) is 0. The Bertz CT molecular complexity index is 835. The average molecular weight is 320 g/mol. The average Bonchev–Trinajstić information content (AvgIpc) is 3.08. The van der Waals surface area contributed by atoms with Gasteiger partial charge in [0.15, 0.2) is 0 Å². The van der Waals surface area contributed by atoms with Crippen molar-refractivity contribution in [3.63, 3.8) is 0 Å². The number of aromatic nitrogens is 3. The molecule has 1 atom stereocenters. The molecule has 122 valence electrons. The van der Waals surface area contributed by atoms with Crippen molar-refractivity contribution in [1.82, 2.24) is 20.1 Å². The molecular weight excluding hydrogens is 300 g/mol. The molecule has 0 bridgehead atoms. The van der Waals surface area contributed by atoms with Crippen molar-refractivity contribution in [2.24, 2.45) is 0 Å². The van der Waals surface area contributed by atoms with Crippen LogP contribution in [0.25, 0.3) is 5.69 Å². The molecule has 3 aromatic rings. The number of nitrogens with one attached hydrogen (secondary N) is 1. The first-order valence-corrected chi connectivity index (χ1v) is 7.89. The Balaban J connectivity index is 1.85. The zero-order chi connectivity index (χ0) is 17.1. The van der Waals surface area contributed by atoms with Crippen molar-refractivity contribution in [2.75, 3.05) is 0 Å². The minimum atomic E-state index is -0.147. The van der Waals surface area contributed by atoms with E-state index in [4.69, 9.17) is 0 Å². The van der Waals surface area contributed by atoms with Crippen LogP contribution in [0.5, 0.6) is 0 Å². The standard InChI is InChI=1S/C19H20N4O/c1-13-11-16(12-14(2)21-13)19(24)22-15(3)17-7-4-5-8-18(17)23-10-6-9-20-23/h4-12,15H,1-3H3,(H,22,24). The van der Waals surface area contributed by atoms with Crippen LogP contribution >= 0.6 is 0 Å². The number of hydrogen-bond acceptors (Lipinski definition) is 3. The minimum absolute atomic E-state index is 0.105. The number of nitrogens with zero attached hydrogens (tertiary/aromatic N) is 3. The molecule has 0 fully saturated rings. The molecule has 1 aromatic carbocycles. The Morgan fingerprint density at radius 2 is 1.83 bits per heavy atom. The molecule has 0 saturated carbocycles. The van der Waals surface area contributed by atoms with Crippen LogP contribution in [0.3, 0.4) is 0 Å². The van der Waals surface area contributed by atoms with Gasteiger partial charge in [-0.3, -0.25) is 9.78 Å². The van der Waals surface area contributed by atoms with Crippen LogP contribution in [0.2, 0.25) is 0 Å². The molecule has 0 spiro atoms. The summed E-state index contributed by atoms with van der Waals surface area (Å²) in [4.78, 5) is 16.9. The second-order valence-electron chi connectivity index (χ2n) is 5.84. The highest BCUT2D eigenvalue weighted by atomic mass is 16.1. The van der Waals surface area contributed by atoms with Gasteiger partial charge in [-0.1, -0.05) is 18.2 Å². The van der Waals surface area contributed by atoms with Crippen LogP contribution in [0.4, 0.5) is 0 Å². The predicted molar refractivity (Wildman–Crippen MR) is 93.2 cm³/mol. The molecule has 1 unspecified atom stereocenters. The van der Waals surface area contributed by atoms with E-state index < -0.39 is 0 Å². The Labute approximate surface area is 141 Å². The Kier molecular flexibility index (Phi) is 4.42. The highest BCUT2D eigenvalue weighted by Gasteiger charge is 2.16. The number of carbonyl (C=O) groups is 1. The Morgan fingerprint density at radius 3 is 2.50 bits per heavy atom. The van der Waals surface area contributed by atoms with Crippen LogP contribution in [0.15, 0.2) is 54.9 Å². The summed E-state index contributed by atoms with van der Waals surface area (Å²) in [6.45, 7) is 5.75. The first-order chi connectivity index (χ1) is 11.5. The number of aryl methyl sites for hydroxylation is 2. The van der Waals surface area contributed by atoms with Gasteiger partial charge in [0.05, 0.1) is 11.7 Å². The van der Waals surface area contributed by atoms with Gasteiger partial charge in [-0.2, -0.15) is 5.10 Å². The zero-order valence-corrected chi connectivity index (χ0v) is 14.0. The molecule has 1 N–H and O–H groups in total. The normalized spacial score (nSPS) is 12.0. The maximum Gasteiger partial charge on any atom is 0.251 e. The van der Waals surface area contributed by atoms with E-state index >= 15 is 0 Å². The number of amides is 1. The lowest BCUT2D eigenvalue weighted by Gasteiger charge is -2.18. The van der Waals surface area contributed by atoms with Gasteiger partial charge in [-0.25, -0.2) is 4.68 Å². The summed E-state index contributed by atoms with van der Waals surface area (Å²) < 4.78 is 1.80. The molecule has 24 heavy (non-hydrogen) atoms. The molecule has 2 aromatic heterocycles. The number of benzene rings is 1. The molecular formula is C19H20N4O. The summed E-state index contributed by atoms with van der Waals surface area (Å²) >= 11 is 0. The summed E-state index contributed by atoms with van der Waals surface area (Å²) in [5.41, 5.74) is 4.27. The molecule has 0 radical (unpaired) electrons. The number of rotatable bonds is 4. The fourth-order valence-electron chi connectivity index (χ4n) is 2.80. The topological polar surface area (TPSA) is 59.8 Å². The number of hydrogen-bond donors (Lipinski definition) is 1. The third-order valence-corrected chi connectivity index (χ3v) is 3.85. The van der Waals surface area contributed by atoms with Crippen molar-refractivity contribution in [3.8, 4) is 5.69 Å². The largest absolute Gasteiger partial charge is 0.345 e. The lowest BCUT2D eigenvalue weighted by molar-refractivity contribution is 0.0939. The van der Waals surface area contributed by atoms with Crippen molar-refractivity contribution < 1.29 is 4.79 Å². The molecule has 0 aliphatic heterocycles. The first-order valence-electron chi connectivity index (χ1n) is 7.89. The van der Waals surface area contributed by atoms with E-state index in [1.54, 1.807) is 23.0 Å². The predicted octanol–water partition coefficient (Wildman–Crippen LogP) is 3.38. The third kappa shape index (κ3) is 3.35. The van der Waals surface area contributed by atoms with Crippen LogP contribution in [0, 0.1) is 13.8 Å². The lowest BCUT2D eigenvalue weighted by atomic mass is 10.1. The van der Waals surface area contributed by atoms with Crippen molar-refractivity contribution in [2.45, 2.75) is 26.8 Å². The smallest absolute Gasteiger partial charge is 0.251 e. The maximum absolute atomic E-state index is 12.6. The molecule has 5 nitrogen and oxygen atoms in total. The molecule has 5 heteroatoms. The van der Waals surface area contributed by atoms with Gasteiger partial charge in [-0.15, -0.1) is 0 Å². The molecule has 0 aliphatic rings. The van der Waals surface area contributed by atoms with E-state index in [0.717, 1.165) is 22.6 Å². The highest BCUT2D eigenvalue weighted by molar-refractivity contribution is 5.94. The van der Waals surface area contributed by atoms with Crippen molar-refractivity contribution >= 4 is 5.91 Å². The lowest BCUT2D eigenvalue weighted by Crippen LogP contribution is -2.27. The molecule has 3 rings (SSSR count). The van der Waals surface area contributed by atoms with Crippen molar-refractivity contribution in [3.05, 3.63) is 77.4 Å². The fraction of sp³-hybridized carbons (Fsp3) is 0.211. The van der Waals surface area contributed by atoms with Gasteiger partial charge in [-0.05, 0) is 50.6 Å². The van der Waals surface area contributed by atoms with Crippen molar-refractivity contribution in [1.29, 1.82) is 0 Å². The minimum Gasteiger partial charge on any atom is -0.345 e. The number of carbonyl (C=O) groups excluding carboxylic acids is 1. The Hall–Kier alpha value is -2.95. The maximum atomic E-state index is 12.6. The quantitative estimate of drug-likeness (QED) is 0.802. The monoisotopic (exact) mass is 320 g/mol. The van der Waals surface area contributed by atoms with E-state index in [1.165, 1.54) is 0 Å². The summed E-state index contributed by atoms with van der Waals surface area (Å²) in [6.07, 6.45) is 3.63. The van der Waals surface area contributed by atoms with Gasteiger partial charge >= 0.3 is 0 Å². The third-order valence-electron chi connectivity index (χ3n) is 3.85. The Morgan fingerprint density at radius 1 is 1.12 bits per heavy atom. The SMILES string of the molecule is Cc1cc(C(=O)NC(C)c2ccccc2-n2cccn2)cc(C)n1. The molecule has 2 heterocycles. The van der Waals surface area contributed by atoms with Gasteiger partial charge < -0.3 is 5.32 Å². The second kappa shape index (κ2) is 6.66. The van der Waals surface area contributed by atoms with Crippen LogP contribution in [-0.4, -0.2) is 20.7 Å². The first kappa shape index (κ1) is 15.9. The fourth-order valence-corrected chi connectivity index (χ4v) is 2.80. The number of para-hydroxylation sites is 1. The molecule has 1 amide bonds. The van der Waals surface area contributed by atoms with E-state index in [9.17, 15) is 4.79 Å². The van der Waals surface area contributed by atoms with Gasteiger partial charge in [0, 0.05) is 29.3 Å². The van der Waals surface area contributed by atoms with E-state index in [2.05, 4.69) is 15.4 Å². The number of pyridine rings is 1. The van der Waals surface area contributed by atoms with Gasteiger partial charge in [0.1, 0.15) is 0 Å². The van der Waals surface area contributed by atoms with Gasteiger partial charge in [0.2, 0.25) is 0 Å². The van der Waals surface area contributed by atoms with E-state index in [0.29, 0.717) is 5.56 Å². The summed E-state index contributed by atoms with van der Waals surface area (Å²) in [5, 5.41) is 7.35. The zero-order valence-electron chi connectivity index (χ0n) is 14.0. The van der Waals surface area contributed by atoms with Crippen LogP contribution in [-0.2, 0) is 0 Å². The van der Waals surface area contributed by atoms with Gasteiger partial charge in [0.25, 0.3) is 5.91 Å². The molecule has 0 aliphatic carbocycles. The molecule has 0 saturated heterocycles. The summed E-state index contributed by atoms with van der Waals surface area (Å²) in [5.74, 6) is -0.105. The van der Waals surface area contributed by atoms with Crippen LogP contribution < -0.4 is 5.32 Å². The summed E-state index contributed by atoms with van der Waals surface area (Å²) in [6, 6.07) is 13.3. The van der Waals surface area contributed by atoms with E-state index in [-0.39, 0.29) is 11.9 Å².